The van der Waals surface area contributed by atoms with Gasteiger partial charge in [-0.25, -0.2) is 0 Å². The molecular formula is C16H16O5. The Bertz CT molecular complexity index is 605. The fourth-order valence-corrected chi connectivity index (χ4v) is 2.10. The van der Waals surface area contributed by atoms with Crippen molar-refractivity contribution in [2.45, 2.75) is 12.5 Å². The highest BCUT2D eigenvalue weighted by molar-refractivity contribution is 6.17. The third-order valence-corrected chi connectivity index (χ3v) is 3.18. The number of aliphatic hydroxyl groups excluding tert-OH is 1. The zero-order valence-corrected chi connectivity index (χ0v) is 11.8. The molecule has 110 valence electrons. The van der Waals surface area contributed by atoms with Gasteiger partial charge in [-0.15, -0.1) is 0 Å². The van der Waals surface area contributed by atoms with Crippen molar-refractivity contribution in [1.29, 1.82) is 0 Å². The van der Waals surface area contributed by atoms with Crippen LogP contribution in [0.3, 0.4) is 0 Å². The quantitative estimate of drug-likeness (QED) is 0.825. The summed E-state index contributed by atoms with van der Waals surface area (Å²) in [6.45, 7) is 0. The summed E-state index contributed by atoms with van der Waals surface area (Å²) in [5.41, 5.74) is 0.846. The molecule has 1 aromatic rings. The summed E-state index contributed by atoms with van der Waals surface area (Å²) in [7, 11) is 3.07. The average Bonchev–Trinajstić information content (AvgIpc) is 2.49. The summed E-state index contributed by atoms with van der Waals surface area (Å²) in [5, 5.41) is 10.2. The van der Waals surface area contributed by atoms with Crippen molar-refractivity contribution in [3.63, 3.8) is 0 Å². The topological polar surface area (TPSA) is 72.8 Å². The molecule has 0 amide bonds. The van der Waals surface area contributed by atoms with Gasteiger partial charge in [0.25, 0.3) is 0 Å². The maximum absolute atomic E-state index is 11.7. The number of hydrogen-bond donors (Lipinski definition) is 1. The fourth-order valence-electron chi connectivity index (χ4n) is 2.10. The van der Waals surface area contributed by atoms with Crippen LogP contribution >= 0.6 is 0 Å². The second kappa shape index (κ2) is 6.37. The molecule has 0 saturated heterocycles. The normalized spacial score (nSPS) is 15.7. The molecule has 0 aromatic heterocycles. The molecule has 1 unspecified atom stereocenters. The van der Waals surface area contributed by atoms with Crippen LogP contribution in [0.4, 0.5) is 0 Å². The summed E-state index contributed by atoms with van der Waals surface area (Å²) in [4.78, 5) is 23.0. The number of aliphatic hydroxyl groups is 1. The number of ether oxygens (including phenoxy) is 2. The molecule has 0 radical (unpaired) electrons. The van der Waals surface area contributed by atoms with Crippen LogP contribution in [-0.4, -0.2) is 37.0 Å². The number of rotatable bonds is 5. The lowest BCUT2D eigenvalue weighted by Gasteiger charge is -2.15. The predicted molar refractivity (Wildman–Crippen MR) is 76.5 cm³/mol. The fraction of sp³-hybridized carbons (Fsp3) is 0.250. The predicted octanol–water partition coefficient (Wildman–Crippen LogP) is 1.24. The first-order chi connectivity index (χ1) is 10.0. The van der Waals surface area contributed by atoms with Crippen LogP contribution in [-0.2, 0) is 16.0 Å². The van der Waals surface area contributed by atoms with E-state index in [1.54, 1.807) is 18.2 Å². The summed E-state index contributed by atoms with van der Waals surface area (Å²) >= 11 is 0. The maximum atomic E-state index is 11.7. The third-order valence-electron chi connectivity index (χ3n) is 3.18. The number of benzene rings is 1. The Balaban J connectivity index is 2.21. The first kappa shape index (κ1) is 15.0. The molecule has 5 nitrogen and oxygen atoms in total. The van der Waals surface area contributed by atoms with E-state index in [9.17, 15) is 14.7 Å². The molecule has 1 aromatic carbocycles. The minimum Gasteiger partial charge on any atom is -0.497 e. The van der Waals surface area contributed by atoms with E-state index in [0.717, 1.165) is 5.56 Å². The smallest absolute Gasteiger partial charge is 0.184 e. The Kier molecular flexibility index (Phi) is 4.55. The van der Waals surface area contributed by atoms with Crippen LogP contribution in [0.25, 0.3) is 0 Å². The molecule has 1 N–H and O–H groups in total. The van der Waals surface area contributed by atoms with Gasteiger partial charge >= 0.3 is 0 Å². The lowest BCUT2D eigenvalue weighted by molar-refractivity contribution is -0.115. The minimum absolute atomic E-state index is 0.101. The summed E-state index contributed by atoms with van der Waals surface area (Å²) < 4.78 is 10.3. The van der Waals surface area contributed by atoms with E-state index in [-0.39, 0.29) is 23.6 Å². The minimum atomic E-state index is -1.05. The van der Waals surface area contributed by atoms with Gasteiger partial charge < -0.3 is 14.6 Å². The van der Waals surface area contributed by atoms with Gasteiger partial charge in [0.15, 0.2) is 11.6 Å². The monoisotopic (exact) mass is 288 g/mol. The second-order valence-electron chi connectivity index (χ2n) is 4.64. The van der Waals surface area contributed by atoms with Crippen molar-refractivity contribution in [3.05, 3.63) is 47.6 Å². The Morgan fingerprint density at radius 3 is 2.24 bits per heavy atom. The zero-order valence-electron chi connectivity index (χ0n) is 11.8. The molecule has 1 aliphatic carbocycles. The van der Waals surface area contributed by atoms with Gasteiger partial charge in [0.2, 0.25) is 0 Å². The zero-order chi connectivity index (χ0) is 15.4. The van der Waals surface area contributed by atoms with E-state index in [2.05, 4.69) is 0 Å². The lowest BCUT2D eigenvalue weighted by atomic mass is 9.94. The van der Waals surface area contributed by atoms with E-state index in [4.69, 9.17) is 9.47 Å². The maximum Gasteiger partial charge on any atom is 0.184 e. The van der Waals surface area contributed by atoms with Crippen molar-refractivity contribution < 1.29 is 24.2 Å². The lowest BCUT2D eigenvalue weighted by Crippen LogP contribution is -2.22. The summed E-state index contributed by atoms with van der Waals surface area (Å²) in [6.07, 6.45) is 2.67. The number of allylic oxidation sites excluding steroid dienone is 3. The van der Waals surface area contributed by atoms with Crippen LogP contribution in [0, 0.1) is 0 Å². The number of carbonyl (C=O) groups is 2. The van der Waals surface area contributed by atoms with Gasteiger partial charge in [0.05, 0.1) is 20.3 Å². The second-order valence-corrected chi connectivity index (χ2v) is 4.64. The van der Waals surface area contributed by atoms with Crippen molar-refractivity contribution in [1.82, 2.24) is 0 Å². The van der Waals surface area contributed by atoms with Gasteiger partial charge in [-0.1, -0.05) is 0 Å². The Morgan fingerprint density at radius 1 is 1.05 bits per heavy atom. The molecule has 0 spiro atoms. The van der Waals surface area contributed by atoms with Crippen molar-refractivity contribution in [2.75, 3.05) is 14.2 Å². The summed E-state index contributed by atoms with van der Waals surface area (Å²) in [6, 6.07) is 5.21. The molecule has 1 atom stereocenters. The average molecular weight is 288 g/mol. The van der Waals surface area contributed by atoms with Gasteiger partial charge in [-0.05, 0) is 35.9 Å². The van der Waals surface area contributed by atoms with Gasteiger partial charge in [-0.2, -0.15) is 0 Å². The Morgan fingerprint density at radius 2 is 1.67 bits per heavy atom. The van der Waals surface area contributed by atoms with Crippen LogP contribution in [0.5, 0.6) is 11.5 Å². The standard InChI is InChI=1S/C16H16O5/c1-20-12-5-10(6-13(9-12)21-2)7-16(19)14-8-11(17)3-4-15(14)18/h3-6,8-9,16,19H,7H2,1-2H3. The highest BCUT2D eigenvalue weighted by Crippen LogP contribution is 2.24. The van der Waals surface area contributed by atoms with Crippen molar-refractivity contribution in [3.8, 4) is 11.5 Å². The van der Waals surface area contributed by atoms with Gasteiger partial charge in [-0.3, -0.25) is 9.59 Å². The number of methoxy groups -OCH3 is 2. The first-order valence-corrected chi connectivity index (χ1v) is 6.41. The van der Waals surface area contributed by atoms with Crippen LogP contribution in [0.15, 0.2) is 42.0 Å². The Hall–Kier alpha value is -2.40. The third kappa shape index (κ3) is 3.58. The van der Waals surface area contributed by atoms with Gasteiger partial charge in [0.1, 0.15) is 11.5 Å². The molecular weight excluding hydrogens is 272 g/mol. The highest BCUT2D eigenvalue weighted by Gasteiger charge is 2.21. The number of carbonyl (C=O) groups excluding carboxylic acids is 2. The van der Waals surface area contributed by atoms with E-state index in [1.165, 1.54) is 32.4 Å². The first-order valence-electron chi connectivity index (χ1n) is 6.41. The Labute approximate surface area is 122 Å². The SMILES string of the molecule is COc1cc(CC(O)C2=CC(=O)C=CC2=O)cc(OC)c1. The molecule has 0 saturated carbocycles. The van der Waals surface area contributed by atoms with Crippen LogP contribution < -0.4 is 9.47 Å². The van der Waals surface area contributed by atoms with Crippen molar-refractivity contribution >= 4 is 11.6 Å². The van der Waals surface area contributed by atoms with E-state index in [1.807, 2.05) is 0 Å². The largest absolute Gasteiger partial charge is 0.497 e. The van der Waals surface area contributed by atoms with Crippen molar-refractivity contribution in [2.24, 2.45) is 0 Å². The molecule has 21 heavy (non-hydrogen) atoms. The van der Waals surface area contributed by atoms with E-state index < -0.39 is 6.10 Å². The molecule has 1 aliphatic rings. The van der Waals surface area contributed by atoms with Gasteiger partial charge in [0, 0.05) is 18.1 Å². The highest BCUT2D eigenvalue weighted by atomic mass is 16.5. The van der Waals surface area contributed by atoms with E-state index in [0.29, 0.717) is 11.5 Å². The molecule has 0 bridgehead atoms. The molecule has 0 aliphatic heterocycles. The molecule has 5 heteroatoms. The van der Waals surface area contributed by atoms with E-state index >= 15 is 0 Å². The summed E-state index contributed by atoms with van der Waals surface area (Å²) in [5.74, 6) is 0.539. The molecule has 0 fully saturated rings. The van der Waals surface area contributed by atoms with Crippen LogP contribution in [0.2, 0.25) is 0 Å². The van der Waals surface area contributed by atoms with Crippen LogP contribution in [0.1, 0.15) is 5.56 Å². The number of hydrogen-bond acceptors (Lipinski definition) is 5. The molecule has 0 heterocycles. The number of ketones is 2. The molecule has 2 rings (SSSR count).